The SMILES string of the molecule is Cc1cc(C(=O)NC2CC(O)C2)cc([N+](=O)[O-])c1. The van der Waals surface area contributed by atoms with E-state index in [0.717, 1.165) is 0 Å². The van der Waals surface area contributed by atoms with Crippen molar-refractivity contribution in [1.82, 2.24) is 5.32 Å². The van der Waals surface area contributed by atoms with Crippen LogP contribution in [0, 0.1) is 17.0 Å². The standard InChI is InChI=1S/C12H14N2O4/c1-7-2-8(4-10(3-7)14(17)18)12(16)13-9-5-11(15)6-9/h2-4,9,11,15H,5-6H2,1H3,(H,13,16). The van der Waals surface area contributed by atoms with Crippen molar-refractivity contribution in [1.29, 1.82) is 0 Å². The van der Waals surface area contributed by atoms with E-state index in [4.69, 9.17) is 5.11 Å². The lowest BCUT2D eigenvalue weighted by atomic mass is 9.89. The lowest BCUT2D eigenvalue weighted by molar-refractivity contribution is -0.384. The van der Waals surface area contributed by atoms with Crippen LogP contribution in [0.1, 0.15) is 28.8 Å². The summed E-state index contributed by atoms with van der Waals surface area (Å²) in [4.78, 5) is 22.1. The van der Waals surface area contributed by atoms with Gasteiger partial charge in [-0.05, 0) is 31.4 Å². The van der Waals surface area contributed by atoms with E-state index in [1.807, 2.05) is 0 Å². The number of carbonyl (C=O) groups is 1. The maximum absolute atomic E-state index is 11.9. The fourth-order valence-electron chi connectivity index (χ4n) is 1.97. The smallest absolute Gasteiger partial charge is 0.270 e. The van der Waals surface area contributed by atoms with Crippen LogP contribution >= 0.6 is 0 Å². The number of benzene rings is 1. The van der Waals surface area contributed by atoms with E-state index in [0.29, 0.717) is 18.4 Å². The predicted molar refractivity (Wildman–Crippen MR) is 64.3 cm³/mol. The van der Waals surface area contributed by atoms with Gasteiger partial charge in [0, 0.05) is 23.7 Å². The summed E-state index contributed by atoms with van der Waals surface area (Å²) in [6.45, 7) is 1.71. The van der Waals surface area contributed by atoms with Gasteiger partial charge in [-0.15, -0.1) is 0 Å². The fraction of sp³-hybridized carbons (Fsp3) is 0.417. The van der Waals surface area contributed by atoms with Gasteiger partial charge in [0.15, 0.2) is 0 Å². The molecule has 1 aromatic rings. The summed E-state index contributed by atoms with van der Waals surface area (Å²) in [5.41, 5.74) is 0.861. The largest absolute Gasteiger partial charge is 0.393 e. The highest BCUT2D eigenvalue weighted by atomic mass is 16.6. The molecule has 96 valence electrons. The van der Waals surface area contributed by atoms with Crippen LogP contribution in [0.5, 0.6) is 0 Å². The van der Waals surface area contributed by atoms with Crippen LogP contribution in [0.25, 0.3) is 0 Å². The molecule has 1 aliphatic carbocycles. The molecule has 2 N–H and O–H groups in total. The first-order valence-electron chi connectivity index (χ1n) is 5.70. The molecule has 0 unspecified atom stereocenters. The van der Waals surface area contributed by atoms with Gasteiger partial charge in [-0.1, -0.05) is 0 Å². The molecule has 0 bridgehead atoms. The quantitative estimate of drug-likeness (QED) is 0.621. The molecule has 18 heavy (non-hydrogen) atoms. The zero-order valence-electron chi connectivity index (χ0n) is 9.92. The third kappa shape index (κ3) is 2.65. The molecule has 0 radical (unpaired) electrons. The second-order valence-electron chi connectivity index (χ2n) is 4.61. The van der Waals surface area contributed by atoms with Gasteiger partial charge in [0.1, 0.15) is 0 Å². The summed E-state index contributed by atoms with van der Waals surface area (Å²) in [5.74, 6) is -0.335. The summed E-state index contributed by atoms with van der Waals surface area (Å²) in [6, 6.07) is 4.26. The number of hydrogen-bond acceptors (Lipinski definition) is 4. The van der Waals surface area contributed by atoms with Gasteiger partial charge in [-0.25, -0.2) is 0 Å². The number of aliphatic hydroxyl groups excluding tert-OH is 1. The van der Waals surface area contributed by atoms with Crippen LogP contribution in [-0.2, 0) is 0 Å². The van der Waals surface area contributed by atoms with E-state index < -0.39 is 4.92 Å². The average Bonchev–Trinajstić information content (AvgIpc) is 2.26. The molecule has 0 saturated heterocycles. The number of non-ortho nitro benzene ring substituents is 1. The Morgan fingerprint density at radius 1 is 1.44 bits per heavy atom. The average molecular weight is 250 g/mol. The van der Waals surface area contributed by atoms with E-state index in [1.165, 1.54) is 12.1 Å². The highest BCUT2D eigenvalue weighted by Crippen LogP contribution is 2.21. The summed E-state index contributed by atoms with van der Waals surface area (Å²) in [6.07, 6.45) is 0.737. The molecule has 1 amide bonds. The number of carbonyl (C=O) groups excluding carboxylic acids is 1. The van der Waals surface area contributed by atoms with Gasteiger partial charge < -0.3 is 10.4 Å². The Labute approximate surface area is 104 Å². The highest BCUT2D eigenvalue weighted by Gasteiger charge is 2.28. The van der Waals surface area contributed by atoms with Crippen molar-refractivity contribution in [3.8, 4) is 0 Å². The fourth-order valence-corrected chi connectivity index (χ4v) is 1.97. The summed E-state index contributed by atoms with van der Waals surface area (Å²) >= 11 is 0. The third-order valence-electron chi connectivity index (χ3n) is 2.98. The third-order valence-corrected chi connectivity index (χ3v) is 2.98. The molecular weight excluding hydrogens is 236 g/mol. The van der Waals surface area contributed by atoms with Gasteiger partial charge >= 0.3 is 0 Å². The Morgan fingerprint density at radius 2 is 2.11 bits per heavy atom. The molecule has 0 heterocycles. The number of nitrogens with zero attached hydrogens (tertiary/aromatic N) is 1. The van der Waals surface area contributed by atoms with Crippen molar-refractivity contribution in [2.24, 2.45) is 0 Å². The van der Waals surface area contributed by atoms with Gasteiger partial charge in [0.05, 0.1) is 11.0 Å². The zero-order chi connectivity index (χ0) is 13.3. The number of amides is 1. The molecule has 6 nitrogen and oxygen atoms in total. The van der Waals surface area contributed by atoms with Crippen LogP contribution < -0.4 is 5.32 Å². The number of rotatable bonds is 3. The molecule has 1 aromatic carbocycles. The molecule has 1 aliphatic rings. The van der Waals surface area contributed by atoms with Gasteiger partial charge in [-0.3, -0.25) is 14.9 Å². The van der Waals surface area contributed by atoms with Crippen molar-refractivity contribution in [2.45, 2.75) is 31.9 Å². The lowest BCUT2D eigenvalue weighted by Crippen LogP contribution is -2.46. The molecule has 0 spiro atoms. The minimum absolute atomic E-state index is 0.0351. The summed E-state index contributed by atoms with van der Waals surface area (Å²) in [7, 11) is 0. The van der Waals surface area contributed by atoms with Crippen LogP contribution in [0.2, 0.25) is 0 Å². The maximum atomic E-state index is 11.9. The van der Waals surface area contributed by atoms with Gasteiger partial charge in [-0.2, -0.15) is 0 Å². The molecule has 1 fully saturated rings. The Morgan fingerprint density at radius 3 is 2.67 bits per heavy atom. The van der Waals surface area contributed by atoms with E-state index in [1.54, 1.807) is 13.0 Å². The summed E-state index contributed by atoms with van der Waals surface area (Å²) < 4.78 is 0. The van der Waals surface area contributed by atoms with Crippen LogP contribution in [0.15, 0.2) is 18.2 Å². The first-order chi connectivity index (χ1) is 8.45. The van der Waals surface area contributed by atoms with E-state index in [2.05, 4.69) is 5.32 Å². The Bertz CT molecular complexity index is 495. The number of aliphatic hydroxyl groups is 1. The number of nitro groups is 1. The molecule has 0 aliphatic heterocycles. The number of nitro benzene ring substituents is 1. The topological polar surface area (TPSA) is 92.5 Å². The van der Waals surface area contributed by atoms with Crippen LogP contribution in [-0.4, -0.2) is 28.1 Å². The molecule has 1 saturated carbocycles. The Balaban J connectivity index is 2.12. The Hall–Kier alpha value is -1.95. The van der Waals surface area contributed by atoms with Gasteiger partial charge in [0.25, 0.3) is 11.6 Å². The van der Waals surface area contributed by atoms with Crippen molar-refractivity contribution >= 4 is 11.6 Å². The molecule has 0 aromatic heterocycles. The zero-order valence-corrected chi connectivity index (χ0v) is 9.92. The molecule has 6 heteroatoms. The maximum Gasteiger partial charge on any atom is 0.270 e. The van der Waals surface area contributed by atoms with Crippen molar-refractivity contribution < 1.29 is 14.8 Å². The molecule has 2 rings (SSSR count). The van der Waals surface area contributed by atoms with Crippen molar-refractivity contribution in [3.63, 3.8) is 0 Å². The summed E-state index contributed by atoms with van der Waals surface area (Å²) in [5, 5.41) is 22.6. The van der Waals surface area contributed by atoms with Crippen molar-refractivity contribution in [3.05, 3.63) is 39.4 Å². The highest BCUT2D eigenvalue weighted by molar-refractivity contribution is 5.95. The van der Waals surface area contributed by atoms with E-state index in [9.17, 15) is 14.9 Å². The number of nitrogens with one attached hydrogen (secondary N) is 1. The normalized spacial score (nSPS) is 22.1. The monoisotopic (exact) mass is 250 g/mol. The minimum Gasteiger partial charge on any atom is -0.393 e. The number of hydrogen-bond donors (Lipinski definition) is 2. The first kappa shape index (κ1) is 12.5. The van der Waals surface area contributed by atoms with Crippen molar-refractivity contribution in [2.75, 3.05) is 0 Å². The lowest BCUT2D eigenvalue weighted by Gasteiger charge is -2.31. The second-order valence-corrected chi connectivity index (χ2v) is 4.61. The predicted octanol–water partition coefficient (Wildman–Crippen LogP) is 1.16. The second kappa shape index (κ2) is 4.73. The first-order valence-corrected chi connectivity index (χ1v) is 5.70. The van der Waals surface area contributed by atoms with Crippen LogP contribution in [0.3, 0.4) is 0 Å². The van der Waals surface area contributed by atoms with E-state index >= 15 is 0 Å². The number of aryl methyl sites for hydroxylation is 1. The van der Waals surface area contributed by atoms with Crippen LogP contribution in [0.4, 0.5) is 5.69 Å². The molecule has 0 atom stereocenters. The molecular formula is C12H14N2O4. The Kier molecular flexibility index (Phi) is 3.29. The van der Waals surface area contributed by atoms with Gasteiger partial charge in [0.2, 0.25) is 0 Å². The minimum atomic E-state index is -0.517. The van der Waals surface area contributed by atoms with E-state index in [-0.39, 0.29) is 29.3 Å².